The summed E-state index contributed by atoms with van der Waals surface area (Å²) >= 11 is 0. The van der Waals surface area contributed by atoms with Crippen molar-refractivity contribution in [1.82, 2.24) is 24.0 Å². The highest BCUT2D eigenvalue weighted by atomic mass is 16.5. The second-order valence-electron chi connectivity index (χ2n) is 6.06. The molecular weight excluding hydrogens is 314 g/mol. The van der Waals surface area contributed by atoms with Crippen LogP contribution in [0.2, 0.25) is 0 Å². The van der Waals surface area contributed by atoms with Crippen LogP contribution < -0.4 is 11.2 Å². The average molecular weight is 335 g/mol. The first-order valence-electron chi connectivity index (χ1n) is 7.91. The largest absolute Gasteiger partial charge is 0.379 e. The molecule has 1 aliphatic heterocycles. The molecule has 2 aromatic rings. The lowest BCUT2D eigenvalue weighted by atomic mass is 10.2. The zero-order valence-electron chi connectivity index (χ0n) is 14.0. The van der Waals surface area contributed by atoms with Gasteiger partial charge in [-0.3, -0.25) is 24.0 Å². The van der Waals surface area contributed by atoms with Gasteiger partial charge in [0.05, 0.1) is 25.8 Å². The lowest BCUT2D eigenvalue weighted by molar-refractivity contribution is -0.119. The molecule has 1 atom stereocenters. The normalized spacial score (nSPS) is 17.3. The van der Waals surface area contributed by atoms with E-state index >= 15 is 0 Å². The van der Waals surface area contributed by atoms with Crippen molar-refractivity contribution in [2.24, 2.45) is 7.05 Å². The molecule has 24 heavy (non-hydrogen) atoms. The van der Waals surface area contributed by atoms with Gasteiger partial charge in [-0.25, -0.2) is 9.78 Å². The molecule has 1 fully saturated rings. The summed E-state index contributed by atoms with van der Waals surface area (Å²) in [5, 5.41) is 0. The van der Waals surface area contributed by atoms with Gasteiger partial charge < -0.3 is 9.30 Å². The van der Waals surface area contributed by atoms with Crippen LogP contribution in [0.15, 0.2) is 9.59 Å². The SMILES string of the molecule is CC(=O)[C@@H](C)n1c(CN2CCOCC2)nc2c1c(=O)[nH]c(=O)n2C. The number of aromatic amines is 1. The maximum absolute atomic E-state index is 12.3. The van der Waals surface area contributed by atoms with Crippen LogP contribution in [0.5, 0.6) is 0 Å². The molecule has 1 aliphatic rings. The van der Waals surface area contributed by atoms with Crippen molar-refractivity contribution in [1.29, 1.82) is 0 Å². The molecule has 0 bridgehead atoms. The number of ether oxygens (including phenoxy) is 1. The quantitative estimate of drug-likeness (QED) is 0.801. The van der Waals surface area contributed by atoms with Gasteiger partial charge in [0.2, 0.25) is 0 Å². The zero-order chi connectivity index (χ0) is 17.4. The van der Waals surface area contributed by atoms with Crippen molar-refractivity contribution in [3.8, 4) is 0 Å². The number of aromatic nitrogens is 4. The molecule has 9 nitrogen and oxygen atoms in total. The van der Waals surface area contributed by atoms with Crippen LogP contribution in [0.4, 0.5) is 0 Å². The first kappa shape index (κ1) is 16.6. The maximum Gasteiger partial charge on any atom is 0.329 e. The molecule has 3 rings (SSSR count). The number of morpholine rings is 1. The fourth-order valence-electron chi connectivity index (χ4n) is 2.92. The molecular formula is C15H21N5O4. The lowest BCUT2D eigenvalue weighted by Crippen LogP contribution is -2.37. The number of carbonyl (C=O) groups is 1. The third-order valence-electron chi connectivity index (χ3n) is 4.47. The van der Waals surface area contributed by atoms with E-state index in [-0.39, 0.29) is 11.3 Å². The molecule has 0 saturated carbocycles. The Morgan fingerprint density at radius 1 is 1.33 bits per heavy atom. The molecule has 0 spiro atoms. The number of aryl methyl sites for hydroxylation is 1. The van der Waals surface area contributed by atoms with Crippen molar-refractivity contribution in [3.63, 3.8) is 0 Å². The van der Waals surface area contributed by atoms with Crippen LogP contribution in [-0.2, 0) is 23.1 Å². The van der Waals surface area contributed by atoms with E-state index in [0.717, 1.165) is 13.1 Å². The molecule has 2 aromatic heterocycles. The van der Waals surface area contributed by atoms with E-state index < -0.39 is 17.3 Å². The predicted octanol–water partition coefficient (Wildman–Crippen LogP) is -0.594. The average Bonchev–Trinajstić information content (AvgIpc) is 2.92. The summed E-state index contributed by atoms with van der Waals surface area (Å²) in [5.74, 6) is 0.520. The molecule has 0 aliphatic carbocycles. The second-order valence-corrected chi connectivity index (χ2v) is 6.06. The fourth-order valence-corrected chi connectivity index (χ4v) is 2.92. The highest BCUT2D eigenvalue weighted by molar-refractivity contribution is 5.82. The topological polar surface area (TPSA) is 102 Å². The summed E-state index contributed by atoms with van der Waals surface area (Å²) < 4.78 is 8.28. The number of hydrogen-bond donors (Lipinski definition) is 1. The van der Waals surface area contributed by atoms with E-state index in [0.29, 0.717) is 31.2 Å². The van der Waals surface area contributed by atoms with Gasteiger partial charge in [-0.05, 0) is 13.8 Å². The molecule has 1 N–H and O–H groups in total. The minimum absolute atomic E-state index is 0.0780. The fraction of sp³-hybridized carbons (Fsp3) is 0.600. The van der Waals surface area contributed by atoms with Crippen LogP contribution in [0.3, 0.4) is 0 Å². The Morgan fingerprint density at radius 2 is 2.00 bits per heavy atom. The first-order valence-corrected chi connectivity index (χ1v) is 7.91. The maximum atomic E-state index is 12.3. The summed E-state index contributed by atoms with van der Waals surface area (Å²) in [7, 11) is 1.55. The number of Topliss-reactive ketones (excluding diaryl/α,β-unsaturated/α-hetero) is 1. The van der Waals surface area contributed by atoms with Gasteiger partial charge in [0.25, 0.3) is 5.56 Å². The number of carbonyl (C=O) groups excluding carboxylic acids is 1. The molecule has 3 heterocycles. The smallest absolute Gasteiger partial charge is 0.329 e. The van der Waals surface area contributed by atoms with Gasteiger partial charge in [0.1, 0.15) is 5.82 Å². The van der Waals surface area contributed by atoms with Gasteiger partial charge in [0.15, 0.2) is 16.9 Å². The van der Waals surface area contributed by atoms with Crippen molar-refractivity contribution in [3.05, 3.63) is 26.7 Å². The molecule has 1 saturated heterocycles. The van der Waals surface area contributed by atoms with E-state index in [1.165, 1.54) is 11.5 Å². The summed E-state index contributed by atoms with van der Waals surface area (Å²) in [5.41, 5.74) is -0.504. The Hall–Kier alpha value is -2.26. The number of hydrogen-bond acceptors (Lipinski definition) is 6. The third-order valence-corrected chi connectivity index (χ3v) is 4.47. The van der Waals surface area contributed by atoms with E-state index in [2.05, 4.69) is 14.9 Å². The number of imidazole rings is 1. The number of nitrogens with zero attached hydrogens (tertiary/aromatic N) is 4. The van der Waals surface area contributed by atoms with E-state index in [1.807, 2.05) is 0 Å². The van der Waals surface area contributed by atoms with E-state index in [1.54, 1.807) is 18.5 Å². The zero-order valence-corrected chi connectivity index (χ0v) is 14.0. The number of H-pyrrole nitrogens is 1. The van der Waals surface area contributed by atoms with Gasteiger partial charge >= 0.3 is 5.69 Å². The Morgan fingerprint density at radius 3 is 2.62 bits per heavy atom. The highest BCUT2D eigenvalue weighted by Gasteiger charge is 2.24. The van der Waals surface area contributed by atoms with Crippen molar-refractivity contribution >= 4 is 16.9 Å². The number of fused-ring (bicyclic) bond motifs is 1. The van der Waals surface area contributed by atoms with E-state index in [4.69, 9.17) is 4.74 Å². The van der Waals surface area contributed by atoms with Gasteiger partial charge in [-0.2, -0.15) is 0 Å². The molecule has 0 aromatic carbocycles. The second kappa shape index (κ2) is 6.33. The third kappa shape index (κ3) is 2.80. The monoisotopic (exact) mass is 335 g/mol. The van der Waals surface area contributed by atoms with Gasteiger partial charge in [-0.1, -0.05) is 0 Å². The van der Waals surface area contributed by atoms with Crippen LogP contribution in [0.1, 0.15) is 25.7 Å². The molecule has 0 amide bonds. The number of ketones is 1. The van der Waals surface area contributed by atoms with Crippen LogP contribution in [0, 0.1) is 0 Å². The minimum atomic E-state index is -0.537. The Labute approximate surface area is 137 Å². The lowest BCUT2D eigenvalue weighted by Gasteiger charge is -2.27. The standard InChI is InChI=1S/C15H21N5O4/c1-9(10(2)21)20-11(8-19-4-6-24-7-5-19)16-13-12(20)14(22)17-15(23)18(13)3/h9H,4-8H2,1-3H3,(H,17,22,23)/t9-/m1/s1. The van der Waals surface area contributed by atoms with Crippen molar-refractivity contribution in [2.45, 2.75) is 26.4 Å². The summed E-state index contributed by atoms with van der Waals surface area (Å²) in [4.78, 5) is 45.0. The first-order chi connectivity index (χ1) is 11.4. The number of nitrogens with one attached hydrogen (secondary N) is 1. The minimum Gasteiger partial charge on any atom is -0.379 e. The van der Waals surface area contributed by atoms with Crippen molar-refractivity contribution < 1.29 is 9.53 Å². The van der Waals surface area contributed by atoms with Crippen LogP contribution in [-0.4, -0.2) is 56.1 Å². The highest BCUT2D eigenvalue weighted by Crippen LogP contribution is 2.20. The Bertz CT molecular complexity index is 888. The van der Waals surface area contributed by atoms with Gasteiger partial charge in [0, 0.05) is 20.1 Å². The summed E-state index contributed by atoms with van der Waals surface area (Å²) in [6.07, 6.45) is 0. The predicted molar refractivity (Wildman–Crippen MR) is 87.1 cm³/mol. The Balaban J connectivity index is 2.19. The van der Waals surface area contributed by atoms with Gasteiger partial charge in [-0.15, -0.1) is 0 Å². The summed E-state index contributed by atoms with van der Waals surface area (Å²) in [6, 6.07) is -0.537. The molecule has 0 unspecified atom stereocenters. The molecule has 0 radical (unpaired) electrons. The molecule has 9 heteroatoms. The van der Waals surface area contributed by atoms with Crippen LogP contribution in [0.25, 0.3) is 11.2 Å². The van der Waals surface area contributed by atoms with Crippen LogP contribution >= 0.6 is 0 Å². The van der Waals surface area contributed by atoms with Crippen molar-refractivity contribution in [2.75, 3.05) is 26.3 Å². The number of rotatable bonds is 4. The van der Waals surface area contributed by atoms with E-state index in [9.17, 15) is 14.4 Å². The Kier molecular flexibility index (Phi) is 4.37. The summed E-state index contributed by atoms with van der Waals surface area (Å²) in [6.45, 7) is 6.49. The molecule has 130 valence electrons.